The number of hydrogen-bond donors (Lipinski definition) is 0. The molecule has 0 atom stereocenters. The number of carbonyl (C=O) groups excluding carboxylic acids is 1. The third-order valence-electron chi connectivity index (χ3n) is 2.67. The van der Waals surface area contributed by atoms with E-state index in [-0.39, 0.29) is 51.3 Å². The van der Waals surface area contributed by atoms with Crippen molar-refractivity contribution in [1.82, 2.24) is 9.55 Å². The van der Waals surface area contributed by atoms with Gasteiger partial charge in [0.1, 0.15) is 18.9 Å². The van der Waals surface area contributed by atoms with Gasteiger partial charge >= 0.3 is 5.97 Å². The molecule has 0 saturated heterocycles. The number of imidazole rings is 1. The number of fused-ring (bicyclic) bond motifs is 1. The third kappa shape index (κ3) is 3.55. The van der Waals surface area contributed by atoms with Crippen molar-refractivity contribution < 1.29 is 14.3 Å². The first kappa shape index (κ1) is 17.9. The first-order valence-electron chi connectivity index (χ1n) is 5.93. The molecular formula is C12H9Cl5N2O3. The lowest BCUT2D eigenvalue weighted by atomic mass is 10.3. The molecular weight excluding hydrogens is 397 g/mol. The van der Waals surface area contributed by atoms with Crippen LogP contribution in [0.1, 0.15) is 6.92 Å². The fraction of sp³-hybridized carbons (Fsp3) is 0.333. The number of carbonyl (C=O) groups is 1. The van der Waals surface area contributed by atoms with Crippen LogP contribution in [0.5, 0.6) is 0 Å². The van der Waals surface area contributed by atoms with Gasteiger partial charge in [0, 0.05) is 6.92 Å². The number of benzene rings is 1. The molecule has 0 aliphatic carbocycles. The summed E-state index contributed by atoms with van der Waals surface area (Å²) in [6.45, 7) is 1.65. The van der Waals surface area contributed by atoms with Gasteiger partial charge in [-0.1, -0.05) is 46.4 Å². The molecule has 0 amide bonds. The number of halogens is 5. The Kier molecular flexibility index (Phi) is 6.05. The predicted molar refractivity (Wildman–Crippen MR) is 87.4 cm³/mol. The van der Waals surface area contributed by atoms with Gasteiger partial charge < -0.3 is 9.47 Å². The van der Waals surface area contributed by atoms with Gasteiger partial charge in [0.2, 0.25) is 5.28 Å². The highest BCUT2D eigenvalue weighted by Crippen LogP contribution is 2.43. The molecule has 0 fully saturated rings. The van der Waals surface area contributed by atoms with Crippen LogP contribution >= 0.6 is 58.0 Å². The minimum absolute atomic E-state index is 0.0323. The van der Waals surface area contributed by atoms with Crippen molar-refractivity contribution in [2.45, 2.75) is 13.7 Å². The number of esters is 1. The fourth-order valence-corrected chi connectivity index (χ4v) is 2.91. The molecule has 120 valence electrons. The van der Waals surface area contributed by atoms with Crippen LogP contribution < -0.4 is 0 Å². The van der Waals surface area contributed by atoms with Gasteiger partial charge in [0.15, 0.2) is 0 Å². The summed E-state index contributed by atoms with van der Waals surface area (Å²) in [5, 5.41) is 0.668. The van der Waals surface area contributed by atoms with Crippen molar-refractivity contribution in [2.24, 2.45) is 0 Å². The lowest BCUT2D eigenvalue weighted by Crippen LogP contribution is -2.10. The van der Waals surface area contributed by atoms with Crippen molar-refractivity contribution in [1.29, 1.82) is 0 Å². The van der Waals surface area contributed by atoms with Crippen molar-refractivity contribution in [2.75, 3.05) is 13.2 Å². The lowest BCUT2D eigenvalue weighted by molar-refractivity contribution is -0.142. The molecule has 2 rings (SSSR count). The van der Waals surface area contributed by atoms with Crippen LogP contribution in [0.15, 0.2) is 0 Å². The van der Waals surface area contributed by atoms with Crippen LogP contribution in [-0.2, 0) is 21.0 Å². The molecule has 1 aromatic heterocycles. The highest BCUT2D eigenvalue weighted by atomic mass is 35.5. The zero-order valence-electron chi connectivity index (χ0n) is 11.1. The Morgan fingerprint density at radius 2 is 1.68 bits per heavy atom. The van der Waals surface area contributed by atoms with Gasteiger partial charge in [-0.25, -0.2) is 4.98 Å². The Bertz CT molecular complexity index is 732. The van der Waals surface area contributed by atoms with E-state index < -0.39 is 0 Å². The molecule has 0 radical (unpaired) electrons. The minimum Gasteiger partial charge on any atom is -0.463 e. The SMILES string of the molecule is CC(=O)OCCOCn1c(Cl)nc2c(Cl)c(Cl)c(Cl)c(Cl)c21. The fourth-order valence-electron chi connectivity index (χ4n) is 1.72. The molecule has 0 bridgehead atoms. The van der Waals surface area contributed by atoms with E-state index in [1.165, 1.54) is 11.5 Å². The first-order valence-corrected chi connectivity index (χ1v) is 7.82. The van der Waals surface area contributed by atoms with E-state index in [4.69, 9.17) is 67.5 Å². The van der Waals surface area contributed by atoms with Crippen molar-refractivity contribution in [3.05, 3.63) is 25.4 Å². The smallest absolute Gasteiger partial charge is 0.302 e. The van der Waals surface area contributed by atoms with E-state index in [0.29, 0.717) is 11.0 Å². The number of ether oxygens (including phenoxy) is 2. The largest absolute Gasteiger partial charge is 0.463 e. The zero-order chi connectivity index (χ0) is 16.4. The van der Waals surface area contributed by atoms with Gasteiger partial charge in [-0.3, -0.25) is 9.36 Å². The maximum Gasteiger partial charge on any atom is 0.302 e. The molecule has 0 saturated carbocycles. The number of rotatable bonds is 5. The molecule has 0 aliphatic rings. The van der Waals surface area contributed by atoms with Crippen LogP contribution in [-0.4, -0.2) is 28.7 Å². The molecule has 0 spiro atoms. The molecule has 2 aromatic rings. The highest BCUT2D eigenvalue weighted by Gasteiger charge is 2.21. The average molecular weight is 406 g/mol. The molecule has 5 nitrogen and oxygen atoms in total. The highest BCUT2D eigenvalue weighted by molar-refractivity contribution is 6.55. The van der Waals surface area contributed by atoms with E-state index in [0.717, 1.165) is 0 Å². The quantitative estimate of drug-likeness (QED) is 0.309. The molecule has 0 N–H and O–H groups in total. The summed E-state index contributed by atoms with van der Waals surface area (Å²) in [5.41, 5.74) is 0.744. The van der Waals surface area contributed by atoms with Crippen molar-refractivity contribution >= 4 is 75.0 Å². The van der Waals surface area contributed by atoms with Crippen LogP contribution in [0.25, 0.3) is 11.0 Å². The van der Waals surface area contributed by atoms with Crippen LogP contribution in [0.2, 0.25) is 25.4 Å². The van der Waals surface area contributed by atoms with E-state index in [1.54, 1.807) is 0 Å². The van der Waals surface area contributed by atoms with Gasteiger partial charge in [-0.15, -0.1) is 0 Å². The van der Waals surface area contributed by atoms with Crippen LogP contribution in [0, 0.1) is 0 Å². The van der Waals surface area contributed by atoms with Crippen LogP contribution in [0.4, 0.5) is 0 Å². The third-order valence-corrected chi connectivity index (χ3v) is 4.74. The molecule has 0 unspecified atom stereocenters. The maximum atomic E-state index is 10.6. The molecule has 1 heterocycles. The molecule has 22 heavy (non-hydrogen) atoms. The summed E-state index contributed by atoms with van der Waals surface area (Å²) in [7, 11) is 0. The monoisotopic (exact) mass is 404 g/mol. The summed E-state index contributed by atoms with van der Waals surface area (Å²) in [5.74, 6) is -0.383. The van der Waals surface area contributed by atoms with E-state index in [1.807, 2.05) is 0 Å². The number of nitrogens with zero attached hydrogens (tertiary/aromatic N) is 2. The summed E-state index contributed by atoms with van der Waals surface area (Å²) in [6, 6.07) is 0. The minimum atomic E-state index is -0.383. The van der Waals surface area contributed by atoms with Crippen molar-refractivity contribution in [3.63, 3.8) is 0 Å². The lowest BCUT2D eigenvalue weighted by Gasteiger charge is -2.10. The second-order valence-corrected chi connectivity index (χ2v) is 5.99. The zero-order valence-corrected chi connectivity index (χ0v) is 14.9. The standard InChI is InChI=1S/C12H9Cl5N2O3/c1-5(20)22-3-2-21-4-19-11-9(16)7(14)6(13)8(15)10(11)18-12(19)17/h2-4H2,1H3. The molecule has 1 aromatic carbocycles. The number of hydrogen-bond acceptors (Lipinski definition) is 4. The number of aromatic nitrogens is 2. The van der Waals surface area contributed by atoms with Gasteiger partial charge in [0.05, 0.1) is 32.2 Å². The van der Waals surface area contributed by atoms with Crippen molar-refractivity contribution in [3.8, 4) is 0 Å². The summed E-state index contributed by atoms with van der Waals surface area (Å²) < 4.78 is 11.6. The maximum absolute atomic E-state index is 10.6. The normalized spacial score (nSPS) is 11.2. The van der Waals surface area contributed by atoms with E-state index in [9.17, 15) is 4.79 Å². The second-order valence-electron chi connectivity index (χ2n) is 4.14. The summed E-state index contributed by atoms with van der Waals surface area (Å²) >= 11 is 30.4. The Morgan fingerprint density at radius 1 is 1.05 bits per heavy atom. The Balaban J connectivity index is 2.27. The topological polar surface area (TPSA) is 53.4 Å². The van der Waals surface area contributed by atoms with Gasteiger partial charge in [0.25, 0.3) is 0 Å². The average Bonchev–Trinajstić information content (AvgIpc) is 2.79. The Labute approximate surface area is 150 Å². The molecule has 10 heteroatoms. The van der Waals surface area contributed by atoms with Gasteiger partial charge in [-0.2, -0.15) is 0 Å². The Morgan fingerprint density at radius 3 is 2.32 bits per heavy atom. The first-order chi connectivity index (χ1) is 10.3. The summed E-state index contributed by atoms with van der Waals surface area (Å²) in [6.07, 6.45) is 0. The van der Waals surface area contributed by atoms with Crippen LogP contribution in [0.3, 0.4) is 0 Å². The Hall–Kier alpha value is -0.430. The second kappa shape index (κ2) is 7.43. The predicted octanol–water partition coefficient (Wildman–Crippen LogP) is 4.84. The molecule has 0 aliphatic heterocycles. The van der Waals surface area contributed by atoms with E-state index >= 15 is 0 Å². The van der Waals surface area contributed by atoms with Gasteiger partial charge in [-0.05, 0) is 11.6 Å². The van der Waals surface area contributed by atoms with E-state index in [2.05, 4.69) is 4.98 Å². The summed E-state index contributed by atoms with van der Waals surface area (Å²) in [4.78, 5) is 14.7.